The SMILES string of the molecule is COC(=O)Cc1cc(OCCN2CCOCC2)cc(OC[C@@H]2CC[C@H]2CN2C[C@@]3(CCCc4cc(Cl)ccc43)COc3ccc(S(=O)(=O)N(Cc4ccc(OC)cc4)Cc4ccc(OC)cc4)cc32)c1. The Morgan fingerprint density at radius 1 is 0.786 bits per heavy atom. The van der Waals surface area contributed by atoms with Crippen molar-refractivity contribution in [2.75, 3.05) is 92.0 Å². The second-order valence-electron chi connectivity index (χ2n) is 19.0. The molecule has 2 heterocycles. The number of ether oxygens (including phenoxy) is 7. The Hall–Kier alpha value is -5.51. The van der Waals surface area contributed by atoms with E-state index in [1.54, 1.807) is 20.3 Å². The maximum absolute atomic E-state index is 15.1. The van der Waals surface area contributed by atoms with Crippen molar-refractivity contribution in [2.24, 2.45) is 11.8 Å². The Bertz CT molecular complexity index is 2650. The Morgan fingerprint density at radius 2 is 1.47 bits per heavy atom. The summed E-state index contributed by atoms with van der Waals surface area (Å²) in [5.41, 5.74) is 5.30. The molecule has 0 radical (unpaired) electrons. The predicted octanol–water partition coefficient (Wildman–Crippen LogP) is 8.75. The highest BCUT2D eigenvalue weighted by Gasteiger charge is 2.44. The average molecular weight is 995 g/mol. The zero-order valence-electron chi connectivity index (χ0n) is 40.4. The molecular formula is C55H64ClN3O10S. The second kappa shape index (κ2) is 22.3. The van der Waals surface area contributed by atoms with Gasteiger partial charge in [0.05, 0.1) is 64.8 Å². The van der Waals surface area contributed by atoms with Gasteiger partial charge in [0.2, 0.25) is 10.0 Å². The molecule has 0 aromatic heterocycles. The van der Waals surface area contributed by atoms with Gasteiger partial charge in [-0.2, -0.15) is 4.31 Å². The van der Waals surface area contributed by atoms with Gasteiger partial charge < -0.3 is 38.1 Å². The third-order valence-electron chi connectivity index (χ3n) is 14.5. The first-order valence-corrected chi connectivity index (χ1v) is 26.2. The van der Waals surface area contributed by atoms with Gasteiger partial charge in [-0.25, -0.2) is 8.42 Å². The number of hydrogen-bond acceptors (Lipinski definition) is 12. The van der Waals surface area contributed by atoms with E-state index in [0.717, 1.165) is 87.3 Å². The number of methoxy groups -OCH3 is 3. The number of morpholine rings is 1. The fourth-order valence-corrected chi connectivity index (χ4v) is 12.0. The van der Waals surface area contributed by atoms with Gasteiger partial charge in [-0.1, -0.05) is 41.9 Å². The van der Waals surface area contributed by atoms with E-state index in [9.17, 15) is 4.79 Å². The van der Waals surface area contributed by atoms with Crippen molar-refractivity contribution in [1.29, 1.82) is 0 Å². The van der Waals surface area contributed by atoms with Crippen LogP contribution < -0.4 is 28.6 Å². The number of hydrogen-bond donors (Lipinski definition) is 0. The zero-order valence-corrected chi connectivity index (χ0v) is 42.0. The summed E-state index contributed by atoms with van der Waals surface area (Å²) in [7, 11) is 0.537. The van der Waals surface area contributed by atoms with Crippen LogP contribution >= 0.6 is 11.6 Å². The molecule has 2 fully saturated rings. The Morgan fingerprint density at radius 3 is 2.13 bits per heavy atom. The number of fused-ring (bicyclic) bond motifs is 3. The van der Waals surface area contributed by atoms with E-state index >= 15 is 8.42 Å². The number of rotatable bonds is 19. The molecule has 1 saturated heterocycles. The molecule has 1 saturated carbocycles. The van der Waals surface area contributed by atoms with E-state index in [4.69, 9.17) is 44.8 Å². The number of sulfonamides is 1. The van der Waals surface area contributed by atoms with Gasteiger partial charge in [-0.15, -0.1) is 0 Å². The molecule has 3 atom stereocenters. The molecular weight excluding hydrogens is 930 g/mol. The summed E-state index contributed by atoms with van der Waals surface area (Å²) < 4.78 is 72.7. The quantitative estimate of drug-likeness (QED) is 0.0735. The van der Waals surface area contributed by atoms with Crippen molar-refractivity contribution in [3.05, 3.63) is 136 Å². The van der Waals surface area contributed by atoms with Gasteiger partial charge in [0, 0.05) is 62.3 Å². The normalized spacial score (nSPS) is 20.1. The van der Waals surface area contributed by atoms with Gasteiger partial charge in [0.25, 0.3) is 0 Å². The van der Waals surface area contributed by atoms with Crippen molar-refractivity contribution in [1.82, 2.24) is 9.21 Å². The summed E-state index contributed by atoms with van der Waals surface area (Å²) in [6, 6.07) is 32.2. The van der Waals surface area contributed by atoms with Crippen LogP contribution in [0.15, 0.2) is 108 Å². The molecule has 1 spiro atoms. The van der Waals surface area contributed by atoms with Crippen LogP contribution in [-0.2, 0) is 55.6 Å². The van der Waals surface area contributed by atoms with E-state index in [1.807, 2.05) is 84.9 Å². The van der Waals surface area contributed by atoms with Crippen LogP contribution in [0.25, 0.3) is 0 Å². The topological polar surface area (TPSA) is 126 Å². The maximum atomic E-state index is 15.1. The van der Waals surface area contributed by atoms with Crippen molar-refractivity contribution in [3.8, 4) is 28.7 Å². The van der Waals surface area contributed by atoms with Crippen LogP contribution in [0.3, 0.4) is 0 Å². The largest absolute Gasteiger partial charge is 0.497 e. The highest BCUT2D eigenvalue weighted by molar-refractivity contribution is 7.89. The summed E-state index contributed by atoms with van der Waals surface area (Å²) >= 11 is 6.58. The highest BCUT2D eigenvalue weighted by Crippen LogP contribution is 2.47. The monoisotopic (exact) mass is 993 g/mol. The molecule has 70 heavy (non-hydrogen) atoms. The van der Waals surface area contributed by atoms with Crippen molar-refractivity contribution >= 4 is 33.3 Å². The molecule has 2 aliphatic carbocycles. The number of benzene rings is 5. The number of esters is 1. The molecule has 15 heteroatoms. The lowest BCUT2D eigenvalue weighted by atomic mass is 9.69. The molecule has 13 nitrogen and oxygen atoms in total. The fourth-order valence-electron chi connectivity index (χ4n) is 10.3. The minimum absolute atomic E-state index is 0.103. The molecule has 0 bridgehead atoms. The molecule has 0 amide bonds. The van der Waals surface area contributed by atoms with Gasteiger partial charge in [-0.3, -0.25) is 9.69 Å². The van der Waals surface area contributed by atoms with Crippen LogP contribution in [0.1, 0.15) is 53.5 Å². The van der Waals surface area contributed by atoms with Crippen LogP contribution in [0.5, 0.6) is 28.7 Å². The number of carbonyl (C=O) groups excluding carboxylic acids is 1. The third-order valence-corrected chi connectivity index (χ3v) is 16.5. The lowest BCUT2D eigenvalue weighted by Gasteiger charge is -2.44. The number of carbonyl (C=O) groups is 1. The van der Waals surface area contributed by atoms with Gasteiger partial charge in [0.15, 0.2) is 0 Å². The Labute approximate surface area is 417 Å². The predicted molar refractivity (Wildman–Crippen MR) is 269 cm³/mol. The summed E-state index contributed by atoms with van der Waals surface area (Å²) in [6.45, 7) is 7.00. The molecule has 9 rings (SSSR count). The molecule has 4 aliphatic rings. The smallest absolute Gasteiger partial charge is 0.309 e. The van der Waals surface area contributed by atoms with Crippen molar-refractivity contribution in [3.63, 3.8) is 0 Å². The molecule has 0 N–H and O–H groups in total. The summed E-state index contributed by atoms with van der Waals surface area (Å²) in [5, 5.41) is 0.717. The van der Waals surface area contributed by atoms with Crippen LogP contribution in [0, 0.1) is 11.8 Å². The number of nitrogens with zero attached hydrogens (tertiary/aromatic N) is 3. The summed E-state index contributed by atoms with van der Waals surface area (Å²) in [5.74, 6) is 3.48. The Kier molecular flexibility index (Phi) is 15.7. The van der Waals surface area contributed by atoms with E-state index in [0.29, 0.717) is 66.7 Å². The molecule has 372 valence electrons. The molecule has 0 unspecified atom stereocenters. The number of aryl methyl sites for hydroxylation is 1. The summed E-state index contributed by atoms with van der Waals surface area (Å²) in [6.07, 6.45) is 4.93. The minimum atomic E-state index is -4.08. The van der Waals surface area contributed by atoms with E-state index in [-0.39, 0.29) is 47.6 Å². The zero-order chi connectivity index (χ0) is 48.7. The van der Waals surface area contributed by atoms with Gasteiger partial charge >= 0.3 is 5.97 Å². The van der Waals surface area contributed by atoms with Crippen molar-refractivity contribution < 1.29 is 46.4 Å². The second-order valence-corrected chi connectivity index (χ2v) is 21.4. The van der Waals surface area contributed by atoms with Gasteiger partial charge in [0.1, 0.15) is 35.4 Å². The molecule has 5 aromatic rings. The fraction of sp³-hybridized carbons (Fsp3) is 0.436. The molecule has 2 aliphatic heterocycles. The minimum Gasteiger partial charge on any atom is -0.497 e. The van der Waals surface area contributed by atoms with Crippen LogP contribution in [0.2, 0.25) is 5.02 Å². The third kappa shape index (κ3) is 11.6. The standard InChI is InChI=1S/C55H64ClN3O10S/c1-63-46-13-6-39(7-14-46)33-59(34-40-8-15-47(64-2)16-9-40)70(61,62)50-17-19-53-52(32-50)58(37-55(38-69-53)20-4-5-42-30-45(56)12-18-51(42)55)35-43-10-11-44(43)36-68-49-28-41(29-54(60)65-3)27-48(31-49)67-26-23-57-21-24-66-25-22-57/h6-9,12-19,27-28,30-32,43-44H,4-5,10-11,20-26,29,33-38H2,1-3H3/t43-,44-,55-/m0/s1. The lowest BCUT2D eigenvalue weighted by molar-refractivity contribution is -0.139. The van der Waals surface area contributed by atoms with Crippen LogP contribution in [-0.4, -0.2) is 111 Å². The van der Waals surface area contributed by atoms with E-state index in [1.165, 1.54) is 22.5 Å². The average Bonchev–Trinajstić information content (AvgIpc) is 3.52. The number of anilines is 1. The highest BCUT2D eigenvalue weighted by atomic mass is 35.5. The first kappa shape index (κ1) is 49.5. The maximum Gasteiger partial charge on any atom is 0.309 e. The van der Waals surface area contributed by atoms with E-state index < -0.39 is 10.0 Å². The van der Waals surface area contributed by atoms with Crippen molar-refractivity contribution in [2.45, 2.75) is 61.9 Å². The summed E-state index contributed by atoms with van der Waals surface area (Å²) in [4.78, 5) is 17.3. The lowest BCUT2D eigenvalue weighted by Crippen LogP contribution is -2.49. The Balaban J connectivity index is 0.993. The van der Waals surface area contributed by atoms with Crippen LogP contribution in [0.4, 0.5) is 5.69 Å². The number of halogens is 1. The first-order chi connectivity index (χ1) is 34.0. The van der Waals surface area contributed by atoms with Gasteiger partial charge in [-0.05, 0) is 138 Å². The van der Waals surface area contributed by atoms with E-state index in [2.05, 4.69) is 21.9 Å². The first-order valence-electron chi connectivity index (χ1n) is 24.3. The molecule has 5 aromatic carbocycles.